The smallest absolute Gasteiger partial charge is 0.338 e. The standard InChI is InChI=1S/C22H26N4O3/c1-29-19-10-6-5-7-17(19)11-12-20(27)25-15-13-22(14-16-25)23-21(28)26(24-22)18-8-3-2-4-9-18/h2-10,24H,11-16H2,1H3,(H,23,28). The molecule has 152 valence electrons. The fourth-order valence-electron chi connectivity index (χ4n) is 4.00. The van der Waals surface area contributed by atoms with E-state index in [0.717, 1.165) is 17.0 Å². The Morgan fingerprint density at radius 1 is 1.07 bits per heavy atom. The van der Waals surface area contributed by atoms with E-state index < -0.39 is 5.66 Å². The van der Waals surface area contributed by atoms with Gasteiger partial charge in [-0.15, -0.1) is 0 Å². The molecule has 2 fully saturated rings. The van der Waals surface area contributed by atoms with Crippen LogP contribution in [0.1, 0.15) is 24.8 Å². The SMILES string of the molecule is COc1ccccc1CCC(=O)N1CCC2(CC1)NC(=O)N(c1ccccc1)N2. The zero-order valence-electron chi connectivity index (χ0n) is 16.6. The van der Waals surface area contributed by atoms with E-state index >= 15 is 0 Å². The second-order valence-corrected chi connectivity index (χ2v) is 7.49. The highest BCUT2D eigenvalue weighted by Crippen LogP contribution is 2.28. The number of hydrogen-bond acceptors (Lipinski definition) is 4. The van der Waals surface area contributed by atoms with E-state index in [2.05, 4.69) is 10.7 Å². The molecule has 2 N–H and O–H groups in total. The van der Waals surface area contributed by atoms with Crippen molar-refractivity contribution in [1.82, 2.24) is 15.6 Å². The number of ether oxygens (including phenoxy) is 1. The van der Waals surface area contributed by atoms with E-state index in [1.54, 1.807) is 12.1 Å². The van der Waals surface area contributed by atoms with Crippen molar-refractivity contribution < 1.29 is 14.3 Å². The first-order valence-corrected chi connectivity index (χ1v) is 9.95. The van der Waals surface area contributed by atoms with Gasteiger partial charge in [-0.3, -0.25) is 4.79 Å². The van der Waals surface area contributed by atoms with Gasteiger partial charge < -0.3 is 15.0 Å². The number of hydrazine groups is 1. The van der Waals surface area contributed by atoms with Crippen LogP contribution in [0.3, 0.4) is 0 Å². The number of urea groups is 1. The summed E-state index contributed by atoms with van der Waals surface area (Å²) < 4.78 is 5.37. The molecule has 0 bridgehead atoms. The van der Waals surface area contributed by atoms with Crippen molar-refractivity contribution >= 4 is 17.6 Å². The summed E-state index contributed by atoms with van der Waals surface area (Å²) in [5.74, 6) is 0.951. The lowest BCUT2D eigenvalue weighted by atomic mass is 9.97. The van der Waals surface area contributed by atoms with E-state index in [-0.39, 0.29) is 11.9 Å². The van der Waals surface area contributed by atoms with Crippen molar-refractivity contribution in [2.45, 2.75) is 31.3 Å². The van der Waals surface area contributed by atoms with E-state index in [4.69, 9.17) is 4.74 Å². The van der Waals surface area contributed by atoms with Gasteiger partial charge in [-0.25, -0.2) is 15.2 Å². The summed E-state index contributed by atoms with van der Waals surface area (Å²) >= 11 is 0. The number of benzene rings is 2. The molecule has 2 aliphatic heterocycles. The summed E-state index contributed by atoms with van der Waals surface area (Å²) in [6, 6.07) is 17.1. The van der Waals surface area contributed by atoms with Gasteiger partial charge in [0.05, 0.1) is 12.8 Å². The zero-order valence-corrected chi connectivity index (χ0v) is 16.6. The number of amides is 3. The highest BCUT2D eigenvalue weighted by molar-refractivity contribution is 5.93. The van der Waals surface area contributed by atoms with Gasteiger partial charge in [-0.2, -0.15) is 0 Å². The monoisotopic (exact) mass is 394 g/mol. The van der Waals surface area contributed by atoms with Gasteiger partial charge in [0.25, 0.3) is 0 Å². The van der Waals surface area contributed by atoms with Crippen molar-refractivity contribution in [3.63, 3.8) is 0 Å². The second-order valence-electron chi connectivity index (χ2n) is 7.49. The van der Waals surface area contributed by atoms with Crippen LogP contribution in [0.4, 0.5) is 10.5 Å². The number of carbonyl (C=O) groups excluding carboxylic acids is 2. The van der Waals surface area contributed by atoms with Crippen molar-refractivity contribution in [2.24, 2.45) is 0 Å². The van der Waals surface area contributed by atoms with Gasteiger partial charge >= 0.3 is 6.03 Å². The van der Waals surface area contributed by atoms with Gasteiger partial charge in [-0.05, 0) is 30.2 Å². The van der Waals surface area contributed by atoms with Crippen LogP contribution in [0.2, 0.25) is 0 Å². The molecule has 1 spiro atoms. The molecule has 0 atom stereocenters. The minimum Gasteiger partial charge on any atom is -0.496 e. The van der Waals surface area contributed by atoms with Crippen molar-refractivity contribution in [1.29, 1.82) is 0 Å². The van der Waals surface area contributed by atoms with Crippen LogP contribution >= 0.6 is 0 Å². The molecule has 0 radical (unpaired) electrons. The molecule has 2 aromatic carbocycles. The summed E-state index contributed by atoms with van der Waals surface area (Å²) in [6.07, 6.45) is 2.44. The van der Waals surface area contributed by atoms with E-state index in [1.165, 1.54) is 0 Å². The summed E-state index contributed by atoms with van der Waals surface area (Å²) in [4.78, 5) is 27.0. The quantitative estimate of drug-likeness (QED) is 0.818. The van der Waals surface area contributed by atoms with Crippen LogP contribution < -0.4 is 20.5 Å². The third-order valence-electron chi connectivity index (χ3n) is 5.66. The highest BCUT2D eigenvalue weighted by atomic mass is 16.5. The number of para-hydroxylation sites is 2. The molecule has 2 heterocycles. The Labute approximate surface area is 170 Å². The van der Waals surface area contributed by atoms with Gasteiger partial charge in [-0.1, -0.05) is 36.4 Å². The van der Waals surface area contributed by atoms with Crippen LogP contribution in [0, 0.1) is 0 Å². The number of methoxy groups -OCH3 is 1. The molecule has 0 aliphatic carbocycles. The number of rotatable bonds is 5. The molecule has 2 saturated heterocycles. The fraction of sp³-hybridized carbons (Fsp3) is 0.364. The minimum absolute atomic E-state index is 0.134. The third-order valence-corrected chi connectivity index (χ3v) is 5.66. The molecule has 0 aromatic heterocycles. The third kappa shape index (κ3) is 4.05. The first kappa shape index (κ1) is 19.3. The lowest BCUT2D eigenvalue weighted by Crippen LogP contribution is -2.58. The van der Waals surface area contributed by atoms with E-state index in [9.17, 15) is 9.59 Å². The Hall–Kier alpha value is -3.06. The predicted octanol–water partition coefficient (Wildman–Crippen LogP) is 2.68. The van der Waals surface area contributed by atoms with E-state index in [1.807, 2.05) is 59.5 Å². The molecule has 3 amide bonds. The van der Waals surface area contributed by atoms with Crippen LogP contribution in [0.5, 0.6) is 5.75 Å². The summed E-state index contributed by atoms with van der Waals surface area (Å²) in [5.41, 5.74) is 4.67. The second kappa shape index (κ2) is 8.13. The maximum Gasteiger partial charge on any atom is 0.338 e. The number of nitrogens with zero attached hydrogens (tertiary/aromatic N) is 2. The Morgan fingerprint density at radius 3 is 2.48 bits per heavy atom. The first-order chi connectivity index (χ1) is 14.1. The molecule has 0 unspecified atom stereocenters. The first-order valence-electron chi connectivity index (χ1n) is 9.95. The van der Waals surface area contributed by atoms with Crippen molar-refractivity contribution in [3.05, 3.63) is 60.2 Å². The van der Waals surface area contributed by atoms with Crippen molar-refractivity contribution in [3.8, 4) is 5.75 Å². The Bertz CT molecular complexity index is 879. The summed E-state index contributed by atoms with van der Waals surface area (Å²) in [7, 11) is 1.65. The van der Waals surface area contributed by atoms with Crippen molar-refractivity contribution in [2.75, 3.05) is 25.2 Å². The lowest BCUT2D eigenvalue weighted by molar-refractivity contribution is -0.132. The van der Waals surface area contributed by atoms with Crippen LogP contribution in [-0.2, 0) is 11.2 Å². The fourth-order valence-corrected chi connectivity index (χ4v) is 4.00. The molecule has 7 nitrogen and oxygen atoms in total. The zero-order chi connectivity index (χ0) is 20.3. The molecule has 2 aliphatic rings. The number of likely N-dealkylation sites (tertiary alicyclic amines) is 1. The topological polar surface area (TPSA) is 73.9 Å². The Balaban J connectivity index is 1.32. The maximum atomic E-state index is 12.7. The summed E-state index contributed by atoms with van der Waals surface area (Å²) in [5, 5.41) is 4.63. The molecule has 2 aromatic rings. The normalized spacial score (nSPS) is 18.0. The average Bonchev–Trinajstić information content (AvgIpc) is 3.09. The van der Waals surface area contributed by atoms with Gasteiger partial charge in [0.1, 0.15) is 11.4 Å². The largest absolute Gasteiger partial charge is 0.496 e. The summed E-state index contributed by atoms with van der Waals surface area (Å²) in [6.45, 7) is 1.22. The van der Waals surface area contributed by atoms with E-state index in [0.29, 0.717) is 38.8 Å². The van der Waals surface area contributed by atoms with Crippen LogP contribution in [0.25, 0.3) is 0 Å². The van der Waals surface area contributed by atoms with Crippen LogP contribution in [-0.4, -0.2) is 42.7 Å². The average molecular weight is 394 g/mol. The molecule has 4 rings (SSSR count). The maximum absolute atomic E-state index is 12.7. The predicted molar refractivity (Wildman–Crippen MR) is 110 cm³/mol. The number of anilines is 1. The lowest BCUT2D eigenvalue weighted by Gasteiger charge is -2.39. The number of aryl methyl sites for hydroxylation is 1. The number of carbonyl (C=O) groups is 2. The number of hydrogen-bond donors (Lipinski definition) is 2. The van der Waals surface area contributed by atoms with Crippen LogP contribution in [0.15, 0.2) is 54.6 Å². The Morgan fingerprint density at radius 2 is 1.76 bits per heavy atom. The highest BCUT2D eigenvalue weighted by Gasteiger charge is 2.45. The van der Waals surface area contributed by atoms with Gasteiger partial charge in [0.15, 0.2) is 0 Å². The molecule has 0 saturated carbocycles. The Kier molecular flexibility index (Phi) is 5.40. The number of piperidine rings is 1. The van der Waals surface area contributed by atoms with Gasteiger partial charge in [0, 0.05) is 32.4 Å². The molecular weight excluding hydrogens is 368 g/mol. The minimum atomic E-state index is -0.494. The molecule has 7 heteroatoms. The van der Waals surface area contributed by atoms with Gasteiger partial charge in [0.2, 0.25) is 5.91 Å². The molecule has 29 heavy (non-hydrogen) atoms. The number of nitrogens with one attached hydrogen (secondary N) is 2. The molecular formula is C22H26N4O3.